The number of halogens is 1. The molecule has 4 aromatic rings. The van der Waals surface area contributed by atoms with Crippen molar-refractivity contribution in [2.75, 3.05) is 88.3 Å². The number of benzene rings is 3. The summed E-state index contributed by atoms with van der Waals surface area (Å²) in [6.07, 6.45) is 0.835. The number of carbonyl (C=O) groups excluding carboxylic acids is 3. The Morgan fingerprint density at radius 1 is 0.941 bits per heavy atom. The average molecular weight is 701 g/mol. The zero-order valence-corrected chi connectivity index (χ0v) is 28.8. The van der Waals surface area contributed by atoms with Crippen molar-refractivity contribution < 1.29 is 28.2 Å². The second-order valence-corrected chi connectivity index (χ2v) is 12.4. The fourth-order valence-electron chi connectivity index (χ4n) is 6.46. The van der Waals surface area contributed by atoms with E-state index in [0.717, 1.165) is 6.41 Å². The molecule has 0 radical (unpaired) electrons. The first-order valence-electron chi connectivity index (χ1n) is 16.7. The highest BCUT2D eigenvalue weighted by atomic mass is 19.1. The van der Waals surface area contributed by atoms with Gasteiger partial charge in [0.15, 0.2) is 5.82 Å². The number of methoxy groups -OCH3 is 2. The smallest absolute Gasteiger partial charge is 0.327 e. The highest BCUT2D eigenvalue weighted by molar-refractivity contribution is 6.03. The molecular formula is C36H41FN8O6. The van der Waals surface area contributed by atoms with E-state index in [1.54, 1.807) is 59.2 Å². The molecule has 1 unspecified atom stereocenters. The number of hydrogen-bond acceptors (Lipinski definition) is 9. The van der Waals surface area contributed by atoms with Gasteiger partial charge in [-0.25, -0.2) is 18.8 Å². The molecule has 2 aliphatic heterocycles. The summed E-state index contributed by atoms with van der Waals surface area (Å²) in [6, 6.07) is 16.0. The maximum atomic E-state index is 14.3. The summed E-state index contributed by atoms with van der Waals surface area (Å²) in [7, 11) is 3.01. The molecule has 268 valence electrons. The van der Waals surface area contributed by atoms with Crippen LogP contribution in [-0.2, 0) is 9.59 Å². The lowest BCUT2D eigenvalue weighted by Gasteiger charge is -2.40. The Labute approximate surface area is 294 Å². The van der Waals surface area contributed by atoms with Crippen LogP contribution in [0.1, 0.15) is 18.8 Å². The zero-order chi connectivity index (χ0) is 36.1. The van der Waals surface area contributed by atoms with Gasteiger partial charge in [-0.2, -0.15) is 0 Å². The third-order valence-electron chi connectivity index (χ3n) is 9.31. The largest absolute Gasteiger partial charge is 0.497 e. The van der Waals surface area contributed by atoms with Crippen LogP contribution in [0.15, 0.2) is 71.5 Å². The predicted molar refractivity (Wildman–Crippen MR) is 190 cm³/mol. The van der Waals surface area contributed by atoms with Gasteiger partial charge in [0.25, 0.3) is 5.56 Å². The number of nitrogens with one attached hydrogen (secondary N) is 1. The van der Waals surface area contributed by atoms with Crippen molar-refractivity contribution in [3.05, 3.63) is 88.7 Å². The minimum Gasteiger partial charge on any atom is -0.497 e. The molecule has 2 fully saturated rings. The molecule has 1 N–H and O–H groups in total. The monoisotopic (exact) mass is 700 g/mol. The number of aromatic nitrogens is 2. The highest BCUT2D eigenvalue weighted by Gasteiger charge is 2.33. The van der Waals surface area contributed by atoms with Crippen LogP contribution in [0.4, 0.5) is 20.6 Å². The number of hydrogen-bond donors (Lipinski definition) is 1. The number of rotatable bonds is 10. The Bertz CT molecular complexity index is 1940. The first-order chi connectivity index (χ1) is 24.7. The first kappa shape index (κ1) is 35.1. The number of para-hydroxylation sites is 1. The van der Waals surface area contributed by atoms with Gasteiger partial charge in [-0.1, -0.05) is 12.1 Å². The van der Waals surface area contributed by atoms with Crippen LogP contribution in [0.25, 0.3) is 10.9 Å². The number of urea groups is 1. The van der Waals surface area contributed by atoms with Crippen molar-refractivity contribution in [1.82, 2.24) is 24.4 Å². The third-order valence-corrected chi connectivity index (χ3v) is 9.31. The molecule has 51 heavy (non-hydrogen) atoms. The minimum absolute atomic E-state index is 0.0120. The van der Waals surface area contributed by atoms with Crippen LogP contribution in [0.3, 0.4) is 0 Å². The van der Waals surface area contributed by atoms with Crippen molar-refractivity contribution in [2.45, 2.75) is 13.0 Å². The summed E-state index contributed by atoms with van der Waals surface area (Å²) in [4.78, 5) is 64.8. The predicted octanol–water partition coefficient (Wildman–Crippen LogP) is 2.91. The van der Waals surface area contributed by atoms with Gasteiger partial charge in [0.05, 0.1) is 56.5 Å². The molecule has 14 nitrogen and oxygen atoms in total. The second-order valence-electron chi connectivity index (χ2n) is 12.4. The summed E-state index contributed by atoms with van der Waals surface area (Å²) < 4.78 is 26.3. The number of fused-ring (bicyclic) bond motifs is 1. The highest BCUT2D eigenvalue weighted by Crippen LogP contribution is 2.37. The minimum atomic E-state index is -0.852. The van der Waals surface area contributed by atoms with Crippen molar-refractivity contribution in [2.24, 2.45) is 0 Å². The van der Waals surface area contributed by atoms with Gasteiger partial charge in [-0.3, -0.25) is 24.2 Å². The molecular weight excluding hydrogens is 659 g/mol. The SMILES string of the molecule is COc1ccc(N(C(=O)Nc2ccc(F)cc2)C(C)c2nc3ccccc3c(=O)n2N2CCN(C(=O)CN3CCN(C=O)CC3)CC2)c(OC)c1. The molecule has 0 saturated carbocycles. The average Bonchev–Trinajstić information content (AvgIpc) is 3.16. The van der Waals surface area contributed by atoms with E-state index in [2.05, 4.69) is 5.32 Å². The Morgan fingerprint density at radius 3 is 2.31 bits per heavy atom. The van der Waals surface area contributed by atoms with E-state index < -0.39 is 17.9 Å². The van der Waals surface area contributed by atoms with Crippen LogP contribution in [0.5, 0.6) is 11.5 Å². The number of anilines is 2. The van der Waals surface area contributed by atoms with Crippen molar-refractivity contribution in [3.63, 3.8) is 0 Å². The van der Waals surface area contributed by atoms with Gasteiger partial charge in [0, 0.05) is 51.0 Å². The van der Waals surface area contributed by atoms with E-state index in [9.17, 15) is 23.6 Å². The molecule has 4 amide bonds. The number of carbonyl (C=O) groups is 3. The zero-order valence-electron chi connectivity index (χ0n) is 28.8. The summed E-state index contributed by atoms with van der Waals surface area (Å²) in [5, 5.41) is 5.11. The third kappa shape index (κ3) is 7.57. The molecule has 1 atom stereocenters. The lowest BCUT2D eigenvalue weighted by molar-refractivity contribution is -0.133. The summed E-state index contributed by atoms with van der Waals surface area (Å²) in [5.74, 6) is 0.683. The van der Waals surface area contributed by atoms with Crippen LogP contribution < -0.4 is 30.3 Å². The summed E-state index contributed by atoms with van der Waals surface area (Å²) >= 11 is 0. The number of piperazine rings is 2. The Morgan fingerprint density at radius 2 is 1.65 bits per heavy atom. The standard InChI is InChI=1S/C36H41FN8O6/c1-25(44(31-13-12-28(50-2)22-32(31)51-3)36(49)38-27-10-8-26(37)9-11-27)34-39-30-7-5-4-6-29(30)35(48)45(34)43-20-18-42(19-21-43)33(47)23-40-14-16-41(24-46)17-15-40/h4-13,22,24-25H,14-21,23H2,1-3H3,(H,38,49). The van der Waals surface area contributed by atoms with Gasteiger partial charge in [0.2, 0.25) is 12.3 Å². The van der Waals surface area contributed by atoms with Gasteiger partial charge in [0.1, 0.15) is 17.3 Å². The van der Waals surface area contributed by atoms with Crippen molar-refractivity contribution in [1.29, 1.82) is 0 Å². The van der Waals surface area contributed by atoms with Gasteiger partial charge in [-0.15, -0.1) is 0 Å². The Hall–Kier alpha value is -5.70. The quantitative estimate of drug-likeness (QED) is 0.248. The van der Waals surface area contributed by atoms with E-state index in [0.29, 0.717) is 92.0 Å². The van der Waals surface area contributed by atoms with Gasteiger partial charge >= 0.3 is 6.03 Å². The second kappa shape index (κ2) is 15.5. The molecule has 0 aliphatic carbocycles. The van der Waals surface area contributed by atoms with Crippen LogP contribution in [0.2, 0.25) is 0 Å². The molecule has 6 rings (SSSR count). The number of ether oxygens (including phenoxy) is 2. The fraction of sp³-hybridized carbons (Fsp3) is 0.361. The van der Waals surface area contributed by atoms with Crippen LogP contribution in [-0.4, -0.2) is 116 Å². The normalized spacial score (nSPS) is 15.7. The maximum absolute atomic E-state index is 14.3. The Balaban J connectivity index is 1.34. The Kier molecular flexibility index (Phi) is 10.7. The molecule has 2 aliphatic rings. The van der Waals surface area contributed by atoms with E-state index >= 15 is 0 Å². The topological polar surface area (TPSA) is 133 Å². The van der Waals surface area contributed by atoms with Crippen molar-refractivity contribution in [3.8, 4) is 11.5 Å². The van der Waals surface area contributed by atoms with E-state index in [4.69, 9.17) is 14.5 Å². The van der Waals surface area contributed by atoms with E-state index in [1.807, 2.05) is 9.91 Å². The van der Waals surface area contributed by atoms with Crippen molar-refractivity contribution >= 4 is 40.6 Å². The lowest BCUT2D eigenvalue weighted by Crippen LogP contribution is -2.58. The van der Waals surface area contributed by atoms with Crippen LogP contribution in [0, 0.1) is 5.82 Å². The number of amides is 4. The molecule has 15 heteroatoms. The lowest BCUT2D eigenvalue weighted by atomic mass is 10.1. The maximum Gasteiger partial charge on any atom is 0.327 e. The first-order valence-corrected chi connectivity index (χ1v) is 16.7. The molecule has 1 aromatic heterocycles. The van der Waals surface area contributed by atoms with E-state index in [1.165, 1.54) is 48.1 Å². The summed E-state index contributed by atoms with van der Waals surface area (Å²) in [5.41, 5.74) is 0.894. The molecule has 3 heterocycles. The molecule has 0 spiro atoms. The van der Waals surface area contributed by atoms with E-state index in [-0.39, 0.29) is 18.0 Å². The number of nitrogens with zero attached hydrogens (tertiary/aromatic N) is 7. The fourth-order valence-corrected chi connectivity index (χ4v) is 6.46. The van der Waals surface area contributed by atoms with Gasteiger partial charge < -0.3 is 29.6 Å². The molecule has 0 bridgehead atoms. The summed E-state index contributed by atoms with van der Waals surface area (Å²) in [6.45, 7) is 5.91. The van der Waals surface area contributed by atoms with Crippen LogP contribution >= 0.6 is 0 Å². The molecule has 3 aromatic carbocycles. The molecule has 2 saturated heterocycles. The van der Waals surface area contributed by atoms with Gasteiger partial charge in [-0.05, 0) is 55.5 Å².